The Morgan fingerprint density at radius 3 is 2.62 bits per heavy atom. The highest BCUT2D eigenvalue weighted by atomic mass is 16.5. The predicted octanol–water partition coefficient (Wildman–Crippen LogP) is 4.63. The fourth-order valence-electron chi connectivity index (χ4n) is 4.40. The van der Waals surface area contributed by atoms with Gasteiger partial charge in [-0.3, -0.25) is 0 Å². The Hall–Kier alpha value is -0.0800. The molecule has 0 aromatic rings. The maximum absolute atomic E-state index is 5.78. The third-order valence-electron chi connectivity index (χ3n) is 5.90. The summed E-state index contributed by atoms with van der Waals surface area (Å²) in [5.74, 6) is 3.71. The average molecular weight is 296 g/mol. The molecule has 21 heavy (non-hydrogen) atoms. The Morgan fingerprint density at radius 2 is 1.95 bits per heavy atom. The molecule has 2 aliphatic rings. The van der Waals surface area contributed by atoms with Crippen LogP contribution in [0.1, 0.15) is 72.1 Å². The topological polar surface area (TPSA) is 21.3 Å². The molecule has 1 saturated carbocycles. The molecule has 0 amide bonds. The summed E-state index contributed by atoms with van der Waals surface area (Å²) >= 11 is 0. The van der Waals surface area contributed by atoms with Crippen LogP contribution in [0.3, 0.4) is 0 Å². The van der Waals surface area contributed by atoms with Gasteiger partial charge in [0.25, 0.3) is 0 Å². The summed E-state index contributed by atoms with van der Waals surface area (Å²) in [5.41, 5.74) is 0. The molecule has 4 atom stereocenters. The van der Waals surface area contributed by atoms with Gasteiger partial charge in [-0.15, -0.1) is 0 Å². The van der Waals surface area contributed by atoms with Crippen LogP contribution in [0.15, 0.2) is 0 Å². The van der Waals surface area contributed by atoms with Gasteiger partial charge >= 0.3 is 0 Å². The molecule has 1 saturated heterocycles. The molecule has 1 aliphatic heterocycles. The highest BCUT2D eigenvalue weighted by Gasteiger charge is 2.31. The van der Waals surface area contributed by atoms with Crippen LogP contribution in [0.5, 0.6) is 0 Å². The molecule has 124 valence electrons. The van der Waals surface area contributed by atoms with Crippen molar-refractivity contribution in [3.63, 3.8) is 0 Å². The lowest BCUT2D eigenvalue weighted by atomic mass is 9.69. The van der Waals surface area contributed by atoms with Gasteiger partial charge in [0, 0.05) is 6.61 Å². The molecular weight excluding hydrogens is 258 g/mol. The fourth-order valence-corrected chi connectivity index (χ4v) is 4.40. The van der Waals surface area contributed by atoms with Crippen molar-refractivity contribution in [2.75, 3.05) is 19.7 Å². The van der Waals surface area contributed by atoms with Crippen molar-refractivity contribution in [3.8, 4) is 0 Å². The van der Waals surface area contributed by atoms with Crippen molar-refractivity contribution in [2.45, 2.75) is 78.2 Å². The van der Waals surface area contributed by atoms with E-state index in [2.05, 4.69) is 26.1 Å². The van der Waals surface area contributed by atoms with Gasteiger partial charge in [-0.1, -0.05) is 33.6 Å². The van der Waals surface area contributed by atoms with Crippen LogP contribution in [0, 0.1) is 23.7 Å². The van der Waals surface area contributed by atoms with Crippen LogP contribution in [0.4, 0.5) is 0 Å². The molecule has 0 aromatic heterocycles. The van der Waals surface area contributed by atoms with Crippen molar-refractivity contribution in [2.24, 2.45) is 23.7 Å². The van der Waals surface area contributed by atoms with Crippen molar-refractivity contribution in [1.29, 1.82) is 0 Å². The van der Waals surface area contributed by atoms with Gasteiger partial charge in [-0.25, -0.2) is 0 Å². The Kier molecular flexibility index (Phi) is 7.53. The van der Waals surface area contributed by atoms with Crippen LogP contribution in [0.25, 0.3) is 0 Å². The summed E-state index contributed by atoms with van der Waals surface area (Å²) in [5, 5.41) is 3.60. The zero-order valence-corrected chi connectivity index (χ0v) is 14.6. The van der Waals surface area contributed by atoms with E-state index in [0.717, 1.165) is 36.8 Å². The van der Waals surface area contributed by atoms with Gasteiger partial charge in [-0.2, -0.15) is 0 Å². The molecule has 2 heteroatoms. The summed E-state index contributed by atoms with van der Waals surface area (Å²) in [6, 6.07) is 0. The maximum Gasteiger partial charge on any atom is 0.0576 e. The molecule has 2 nitrogen and oxygen atoms in total. The first-order valence-corrected chi connectivity index (χ1v) is 9.53. The summed E-state index contributed by atoms with van der Waals surface area (Å²) in [7, 11) is 0. The lowest BCUT2D eigenvalue weighted by molar-refractivity contribution is 0.0929. The van der Waals surface area contributed by atoms with Crippen molar-refractivity contribution in [3.05, 3.63) is 0 Å². The maximum atomic E-state index is 5.78. The third-order valence-corrected chi connectivity index (χ3v) is 5.90. The first-order valence-electron chi connectivity index (χ1n) is 9.53. The number of hydrogen-bond acceptors (Lipinski definition) is 2. The molecule has 0 radical (unpaired) electrons. The van der Waals surface area contributed by atoms with Gasteiger partial charge < -0.3 is 10.1 Å². The molecule has 1 aliphatic carbocycles. The van der Waals surface area contributed by atoms with Crippen molar-refractivity contribution < 1.29 is 4.74 Å². The molecule has 4 unspecified atom stereocenters. The van der Waals surface area contributed by atoms with E-state index in [1.807, 2.05) is 0 Å². The smallest absolute Gasteiger partial charge is 0.0576 e. The van der Waals surface area contributed by atoms with E-state index in [9.17, 15) is 0 Å². The van der Waals surface area contributed by atoms with Crippen LogP contribution in [0.2, 0.25) is 0 Å². The van der Waals surface area contributed by atoms with Crippen LogP contribution >= 0.6 is 0 Å². The van der Waals surface area contributed by atoms with Gasteiger partial charge in [0.2, 0.25) is 0 Å². The number of hydrogen-bond donors (Lipinski definition) is 1. The summed E-state index contributed by atoms with van der Waals surface area (Å²) in [6.45, 7) is 10.4. The monoisotopic (exact) mass is 295 g/mol. The zero-order valence-electron chi connectivity index (χ0n) is 14.6. The van der Waals surface area contributed by atoms with Crippen molar-refractivity contribution in [1.82, 2.24) is 5.32 Å². The lowest BCUT2D eigenvalue weighted by Crippen LogP contribution is -2.34. The highest BCUT2D eigenvalue weighted by molar-refractivity contribution is 4.83. The minimum atomic E-state index is 0.585. The minimum Gasteiger partial charge on any atom is -0.378 e. The molecule has 1 heterocycles. The first kappa shape index (κ1) is 17.3. The van der Waals surface area contributed by atoms with Crippen LogP contribution in [-0.2, 0) is 4.74 Å². The second-order valence-corrected chi connectivity index (χ2v) is 7.71. The molecule has 0 aromatic carbocycles. The van der Waals surface area contributed by atoms with Gasteiger partial charge in [0.05, 0.1) is 6.10 Å². The Morgan fingerprint density at radius 1 is 1.10 bits per heavy atom. The third kappa shape index (κ3) is 5.56. The molecule has 2 rings (SSSR count). The second-order valence-electron chi connectivity index (χ2n) is 7.71. The van der Waals surface area contributed by atoms with E-state index in [1.165, 1.54) is 57.9 Å². The van der Waals surface area contributed by atoms with Crippen LogP contribution < -0.4 is 5.32 Å². The molecule has 1 N–H and O–H groups in total. The second kappa shape index (κ2) is 9.15. The van der Waals surface area contributed by atoms with E-state index in [0.29, 0.717) is 6.10 Å². The first-order chi connectivity index (χ1) is 10.2. The van der Waals surface area contributed by atoms with E-state index in [1.54, 1.807) is 0 Å². The lowest BCUT2D eigenvalue weighted by Gasteiger charge is -2.38. The predicted molar refractivity (Wildman–Crippen MR) is 90.5 cm³/mol. The number of nitrogens with one attached hydrogen (secondary N) is 1. The molecule has 0 bridgehead atoms. The SMILES string of the molecule is CCNCC1CCC(C(C)C)CC1CCCC1CCCO1. The summed E-state index contributed by atoms with van der Waals surface area (Å²) in [4.78, 5) is 0. The Balaban J connectivity index is 1.77. The largest absolute Gasteiger partial charge is 0.378 e. The van der Waals surface area contributed by atoms with E-state index in [4.69, 9.17) is 4.74 Å². The standard InChI is InChI=1S/C19H37NO/c1-4-20-14-18-11-10-16(15(2)3)13-17(18)7-5-8-19-9-6-12-21-19/h15-20H,4-14H2,1-3H3. The van der Waals surface area contributed by atoms with E-state index >= 15 is 0 Å². The van der Waals surface area contributed by atoms with Crippen molar-refractivity contribution >= 4 is 0 Å². The fraction of sp³-hybridized carbons (Fsp3) is 1.00. The van der Waals surface area contributed by atoms with Gasteiger partial charge in [0.15, 0.2) is 0 Å². The van der Waals surface area contributed by atoms with Gasteiger partial charge in [0.1, 0.15) is 0 Å². The number of ether oxygens (including phenoxy) is 1. The molecule has 2 fully saturated rings. The Labute approximate surface area is 132 Å². The molecule has 0 spiro atoms. The normalized spacial score (nSPS) is 33.7. The quantitative estimate of drug-likeness (QED) is 0.704. The van der Waals surface area contributed by atoms with E-state index in [-0.39, 0.29) is 0 Å². The number of rotatable bonds is 8. The van der Waals surface area contributed by atoms with Gasteiger partial charge in [-0.05, 0) is 75.3 Å². The zero-order chi connectivity index (χ0) is 15.1. The average Bonchev–Trinajstić information content (AvgIpc) is 2.99. The van der Waals surface area contributed by atoms with E-state index < -0.39 is 0 Å². The minimum absolute atomic E-state index is 0.585. The van der Waals surface area contributed by atoms with Crippen LogP contribution in [-0.4, -0.2) is 25.8 Å². The Bertz CT molecular complexity index is 273. The summed E-state index contributed by atoms with van der Waals surface area (Å²) < 4.78 is 5.78. The summed E-state index contributed by atoms with van der Waals surface area (Å²) in [6.07, 6.45) is 11.7. The molecular formula is C19H37NO. The highest BCUT2D eigenvalue weighted by Crippen LogP contribution is 2.40.